The van der Waals surface area contributed by atoms with Gasteiger partial charge in [-0.2, -0.15) is 4.98 Å². The van der Waals surface area contributed by atoms with Gasteiger partial charge < -0.3 is 9.26 Å². The summed E-state index contributed by atoms with van der Waals surface area (Å²) >= 11 is 0. The number of benzene rings is 1. The molecule has 3 heterocycles. The van der Waals surface area contributed by atoms with Crippen molar-refractivity contribution in [3.63, 3.8) is 0 Å². The fourth-order valence-corrected chi connectivity index (χ4v) is 2.88. The molecule has 1 saturated heterocycles. The van der Waals surface area contributed by atoms with Crippen molar-refractivity contribution in [2.45, 2.75) is 32.0 Å². The lowest BCUT2D eigenvalue weighted by Crippen LogP contribution is -2.19. The zero-order valence-corrected chi connectivity index (χ0v) is 13.6. The summed E-state index contributed by atoms with van der Waals surface area (Å²) in [5.74, 6) is 1.25. The van der Waals surface area contributed by atoms with E-state index in [1.54, 1.807) is 0 Å². The van der Waals surface area contributed by atoms with Crippen LogP contribution in [-0.4, -0.2) is 38.7 Å². The van der Waals surface area contributed by atoms with Gasteiger partial charge in [0.1, 0.15) is 6.10 Å². The first kappa shape index (κ1) is 15.2. The monoisotopic (exact) mass is 325 g/mol. The molecule has 7 nitrogen and oxygen atoms in total. The Morgan fingerprint density at radius 1 is 1.17 bits per heavy atom. The highest BCUT2D eigenvalue weighted by Crippen LogP contribution is 2.27. The molecule has 1 unspecified atom stereocenters. The number of hydrogen-bond acceptors (Lipinski definition) is 7. The molecule has 1 aliphatic heterocycles. The van der Waals surface area contributed by atoms with Gasteiger partial charge in [-0.05, 0) is 32.0 Å². The highest BCUT2D eigenvalue weighted by atomic mass is 16.5. The average Bonchev–Trinajstić information content (AvgIpc) is 3.26. The molecule has 1 atom stereocenters. The Morgan fingerprint density at radius 2 is 2.04 bits per heavy atom. The summed E-state index contributed by atoms with van der Waals surface area (Å²) in [7, 11) is 2.00. The van der Waals surface area contributed by atoms with Crippen LogP contribution in [-0.2, 0) is 17.8 Å². The van der Waals surface area contributed by atoms with Crippen molar-refractivity contribution >= 4 is 11.0 Å². The second-order valence-electron chi connectivity index (χ2n) is 6.07. The van der Waals surface area contributed by atoms with Gasteiger partial charge in [-0.1, -0.05) is 17.3 Å². The van der Waals surface area contributed by atoms with Crippen molar-refractivity contribution < 1.29 is 9.26 Å². The molecule has 1 aliphatic rings. The Balaban J connectivity index is 1.41. The van der Waals surface area contributed by atoms with Crippen LogP contribution < -0.4 is 0 Å². The minimum Gasteiger partial charge on any atom is -0.368 e. The third kappa shape index (κ3) is 3.27. The lowest BCUT2D eigenvalue weighted by atomic mass is 10.2. The number of aromatic nitrogens is 4. The third-order valence-electron chi connectivity index (χ3n) is 4.03. The molecule has 4 rings (SSSR count). The summed E-state index contributed by atoms with van der Waals surface area (Å²) in [6.45, 7) is 2.02. The van der Waals surface area contributed by atoms with Crippen LogP contribution in [0.3, 0.4) is 0 Å². The average molecular weight is 325 g/mol. The molecule has 24 heavy (non-hydrogen) atoms. The van der Waals surface area contributed by atoms with Crippen LogP contribution in [0, 0.1) is 0 Å². The number of ether oxygens (including phenoxy) is 1. The van der Waals surface area contributed by atoms with Gasteiger partial charge in [0.15, 0.2) is 5.82 Å². The standard InChI is InChI=1S/C17H19N5O2/c1-22(10-12-9-18-13-5-2-3-6-14(13)19-12)11-16-20-17(24-21-16)15-7-4-8-23-15/h2-3,5-6,9,15H,4,7-8,10-11H2,1H3. The van der Waals surface area contributed by atoms with Gasteiger partial charge >= 0.3 is 0 Å². The van der Waals surface area contributed by atoms with Crippen molar-refractivity contribution in [1.29, 1.82) is 0 Å². The Bertz CT molecular complexity index is 828. The number of rotatable bonds is 5. The number of hydrogen-bond donors (Lipinski definition) is 0. The normalized spacial score (nSPS) is 17.8. The van der Waals surface area contributed by atoms with Gasteiger partial charge in [0.25, 0.3) is 5.89 Å². The van der Waals surface area contributed by atoms with E-state index in [2.05, 4.69) is 25.0 Å². The van der Waals surface area contributed by atoms with Crippen LogP contribution in [0.25, 0.3) is 11.0 Å². The molecule has 124 valence electrons. The van der Waals surface area contributed by atoms with Crippen LogP contribution in [0.15, 0.2) is 35.0 Å². The first-order valence-corrected chi connectivity index (χ1v) is 8.11. The molecule has 0 N–H and O–H groups in total. The van der Waals surface area contributed by atoms with E-state index in [-0.39, 0.29) is 6.10 Å². The van der Waals surface area contributed by atoms with E-state index < -0.39 is 0 Å². The largest absolute Gasteiger partial charge is 0.368 e. The summed E-state index contributed by atoms with van der Waals surface area (Å²) in [5, 5.41) is 4.05. The minimum absolute atomic E-state index is 0.0390. The molecule has 1 fully saturated rings. The van der Waals surface area contributed by atoms with Gasteiger partial charge in [-0.3, -0.25) is 9.88 Å². The molecule has 0 bridgehead atoms. The predicted octanol–water partition coefficient (Wildman–Crippen LogP) is 2.50. The molecule has 7 heteroatoms. The maximum absolute atomic E-state index is 5.57. The third-order valence-corrected chi connectivity index (χ3v) is 4.03. The van der Waals surface area contributed by atoms with Crippen LogP contribution in [0.2, 0.25) is 0 Å². The van der Waals surface area contributed by atoms with E-state index in [0.29, 0.717) is 24.8 Å². The van der Waals surface area contributed by atoms with Gasteiger partial charge in [0, 0.05) is 13.2 Å². The highest BCUT2D eigenvalue weighted by Gasteiger charge is 2.24. The molecule has 0 spiro atoms. The van der Waals surface area contributed by atoms with Gasteiger partial charge in [0.2, 0.25) is 0 Å². The molecular weight excluding hydrogens is 306 g/mol. The van der Waals surface area contributed by atoms with E-state index in [0.717, 1.165) is 36.2 Å². The van der Waals surface area contributed by atoms with Crippen molar-refractivity contribution in [3.8, 4) is 0 Å². The quantitative estimate of drug-likeness (QED) is 0.713. The van der Waals surface area contributed by atoms with E-state index in [4.69, 9.17) is 9.26 Å². The Kier molecular flexibility index (Phi) is 4.18. The summed E-state index contributed by atoms with van der Waals surface area (Å²) in [6.07, 6.45) is 3.77. The van der Waals surface area contributed by atoms with Crippen LogP contribution in [0.4, 0.5) is 0 Å². The van der Waals surface area contributed by atoms with E-state index in [1.165, 1.54) is 0 Å². The van der Waals surface area contributed by atoms with Crippen LogP contribution in [0.5, 0.6) is 0 Å². The fourth-order valence-electron chi connectivity index (χ4n) is 2.88. The smallest absolute Gasteiger partial charge is 0.255 e. The topological polar surface area (TPSA) is 77.2 Å². The summed E-state index contributed by atoms with van der Waals surface area (Å²) in [6, 6.07) is 7.86. The lowest BCUT2D eigenvalue weighted by Gasteiger charge is -2.13. The molecule has 0 saturated carbocycles. The Morgan fingerprint density at radius 3 is 2.88 bits per heavy atom. The molecule has 2 aromatic heterocycles. The first-order chi connectivity index (χ1) is 11.8. The Hall–Kier alpha value is -2.38. The fraction of sp³-hybridized carbons (Fsp3) is 0.412. The van der Waals surface area contributed by atoms with Crippen LogP contribution in [0.1, 0.15) is 36.4 Å². The van der Waals surface area contributed by atoms with E-state index >= 15 is 0 Å². The minimum atomic E-state index is -0.0390. The summed E-state index contributed by atoms with van der Waals surface area (Å²) in [4.78, 5) is 15.6. The number of para-hydroxylation sites is 2. The van der Waals surface area contributed by atoms with Gasteiger partial charge in [-0.25, -0.2) is 4.98 Å². The molecule has 0 amide bonds. The van der Waals surface area contributed by atoms with Gasteiger partial charge in [0.05, 0.1) is 29.5 Å². The van der Waals surface area contributed by atoms with Crippen molar-refractivity contribution in [2.75, 3.05) is 13.7 Å². The summed E-state index contributed by atoms with van der Waals surface area (Å²) < 4.78 is 10.9. The van der Waals surface area contributed by atoms with Crippen molar-refractivity contribution in [2.24, 2.45) is 0 Å². The first-order valence-electron chi connectivity index (χ1n) is 8.11. The number of fused-ring (bicyclic) bond motifs is 1. The van der Waals surface area contributed by atoms with E-state index in [1.807, 2.05) is 37.5 Å². The van der Waals surface area contributed by atoms with E-state index in [9.17, 15) is 0 Å². The van der Waals surface area contributed by atoms with Gasteiger partial charge in [-0.15, -0.1) is 0 Å². The predicted molar refractivity (Wildman–Crippen MR) is 86.9 cm³/mol. The second kappa shape index (κ2) is 6.62. The Labute approximate surface area is 139 Å². The maximum Gasteiger partial charge on any atom is 0.255 e. The number of nitrogens with zero attached hydrogens (tertiary/aromatic N) is 5. The molecule has 0 aliphatic carbocycles. The molecule has 1 aromatic carbocycles. The molecule has 0 radical (unpaired) electrons. The second-order valence-corrected chi connectivity index (χ2v) is 6.07. The molecular formula is C17H19N5O2. The van der Waals surface area contributed by atoms with Crippen LogP contribution >= 0.6 is 0 Å². The lowest BCUT2D eigenvalue weighted by molar-refractivity contribution is 0.0835. The van der Waals surface area contributed by atoms with Crippen molar-refractivity contribution in [3.05, 3.63) is 47.9 Å². The molecule has 3 aromatic rings. The summed E-state index contributed by atoms with van der Waals surface area (Å²) in [5.41, 5.74) is 2.73. The highest BCUT2D eigenvalue weighted by molar-refractivity contribution is 5.73. The SMILES string of the molecule is CN(Cc1cnc2ccccc2n1)Cc1noc(C2CCCO2)n1. The maximum atomic E-state index is 5.57. The van der Waals surface area contributed by atoms with Crippen molar-refractivity contribution in [1.82, 2.24) is 25.0 Å². The zero-order valence-electron chi connectivity index (χ0n) is 13.6. The zero-order chi connectivity index (χ0) is 16.4.